The van der Waals surface area contributed by atoms with Crippen molar-refractivity contribution in [1.82, 2.24) is 0 Å². The molecule has 5 nitrogen and oxygen atoms in total. The lowest BCUT2D eigenvalue weighted by Crippen LogP contribution is -2.11. The van der Waals surface area contributed by atoms with E-state index in [-0.39, 0.29) is 26.9 Å². The fraction of sp³-hybridized carbons (Fsp3) is 0.211. The highest BCUT2D eigenvalue weighted by Crippen LogP contribution is 2.35. The number of hydrogen-bond donors (Lipinski definition) is 0. The summed E-state index contributed by atoms with van der Waals surface area (Å²) in [7, 11) is -4.05. The second kappa shape index (κ2) is 6.14. The van der Waals surface area contributed by atoms with Crippen molar-refractivity contribution in [3.05, 3.63) is 68.5 Å². The highest BCUT2D eigenvalue weighted by atomic mass is 35.5. The molecule has 0 spiro atoms. The third-order valence-electron chi connectivity index (χ3n) is 4.54. The first-order chi connectivity index (χ1) is 12.3. The van der Waals surface area contributed by atoms with Gasteiger partial charge in [0.05, 0.1) is 5.02 Å². The van der Waals surface area contributed by atoms with Crippen molar-refractivity contribution in [3.8, 4) is 5.75 Å². The Hall–Kier alpha value is -2.31. The second-order valence-electron chi connectivity index (χ2n) is 6.33. The summed E-state index contributed by atoms with van der Waals surface area (Å²) in [6.45, 7) is 1.86. The van der Waals surface area contributed by atoms with Gasteiger partial charge in [0, 0.05) is 17.0 Å². The number of benzene rings is 2. The molecule has 0 amide bonds. The molecule has 1 heterocycles. The van der Waals surface area contributed by atoms with Crippen LogP contribution in [0, 0.1) is 6.92 Å². The van der Waals surface area contributed by atoms with Crippen LogP contribution in [0.25, 0.3) is 11.0 Å². The molecule has 4 rings (SSSR count). The molecule has 0 N–H and O–H groups in total. The van der Waals surface area contributed by atoms with E-state index in [2.05, 4.69) is 0 Å². The van der Waals surface area contributed by atoms with Crippen LogP contribution in [0.5, 0.6) is 5.75 Å². The lowest BCUT2D eigenvalue weighted by Gasteiger charge is -2.11. The van der Waals surface area contributed by atoms with Crippen molar-refractivity contribution in [3.63, 3.8) is 0 Å². The number of fused-ring (bicyclic) bond motifs is 3. The molecule has 0 saturated carbocycles. The summed E-state index contributed by atoms with van der Waals surface area (Å²) in [6, 6.07) is 9.26. The maximum Gasteiger partial charge on any atom is 0.339 e. The van der Waals surface area contributed by atoms with Gasteiger partial charge in [0.2, 0.25) is 0 Å². The van der Waals surface area contributed by atoms with Gasteiger partial charge in [0.25, 0.3) is 0 Å². The van der Waals surface area contributed by atoms with Crippen LogP contribution < -0.4 is 9.81 Å². The monoisotopic (exact) mass is 390 g/mol. The van der Waals surface area contributed by atoms with Gasteiger partial charge >= 0.3 is 15.7 Å². The standard InChI is InChI=1S/C19H15ClO5S/c1-11-5-7-12(8-6-11)26(22,23)25-18-10-17-15(9-16(18)20)13-3-2-4-14(13)19(21)24-17/h5-10H,2-4H2,1H3. The molecule has 3 aromatic rings. The molecular formula is C19H15ClO5S. The second-order valence-corrected chi connectivity index (χ2v) is 8.28. The van der Waals surface area contributed by atoms with Crippen LogP contribution in [-0.4, -0.2) is 8.42 Å². The van der Waals surface area contributed by atoms with Crippen molar-refractivity contribution in [2.75, 3.05) is 0 Å². The van der Waals surface area contributed by atoms with Gasteiger partial charge in [-0.25, -0.2) is 4.79 Å². The summed E-state index contributed by atoms with van der Waals surface area (Å²) in [4.78, 5) is 12.1. The van der Waals surface area contributed by atoms with E-state index in [0.29, 0.717) is 12.0 Å². The maximum atomic E-state index is 12.5. The van der Waals surface area contributed by atoms with Gasteiger partial charge in [-0.15, -0.1) is 0 Å². The van der Waals surface area contributed by atoms with Gasteiger partial charge in [0.1, 0.15) is 10.5 Å². The predicted octanol–water partition coefficient (Wildman–Crippen LogP) is 4.01. The molecule has 0 unspecified atom stereocenters. The van der Waals surface area contributed by atoms with Crippen LogP contribution in [0.3, 0.4) is 0 Å². The fourth-order valence-corrected chi connectivity index (χ4v) is 4.41. The zero-order valence-corrected chi connectivity index (χ0v) is 15.5. The lowest BCUT2D eigenvalue weighted by atomic mass is 10.1. The fourth-order valence-electron chi connectivity index (χ4n) is 3.22. The lowest BCUT2D eigenvalue weighted by molar-refractivity contribution is 0.485. The van der Waals surface area contributed by atoms with Gasteiger partial charge in [-0.3, -0.25) is 0 Å². The zero-order chi connectivity index (χ0) is 18.5. The Kier molecular flexibility index (Phi) is 4.04. The molecule has 1 aromatic heterocycles. The minimum absolute atomic E-state index is 0.0228. The van der Waals surface area contributed by atoms with E-state index in [9.17, 15) is 13.2 Å². The van der Waals surface area contributed by atoms with Crippen LogP contribution in [-0.2, 0) is 23.0 Å². The van der Waals surface area contributed by atoms with Gasteiger partial charge in [-0.1, -0.05) is 29.3 Å². The highest BCUT2D eigenvalue weighted by Gasteiger charge is 2.23. The summed E-state index contributed by atoms with van der Waals surface area (Å²) < 4.78 is 35.5. The van der Waals surface area contributed by atoms with E-state index in [1.807, 2.05) is 6.92 Å². The summed E-state index contributed by atoms with van der Waals surface area (Å²) in [5.41, 5.74) is 2.41. The summed E-state index contributed by atoms with van der Waals surface area (Å²) in [6.07, 6.45) is 2.35. The first kappa shape index (κ1) is 17.1. The molecule has 0 bridgehead atoms. The van der Waals surface area contributed by atoms with Crippen LogP contribution in [0.2, 0.25) is 5.02 Å². The molecule has 0 radical (unpaired) electrons. The molecule has 7 heteroatoms. The highest BCUT2D eigenvalue weighted by molar-refractivity contribution is 7.87. The largest absolute Gasteiger partial charge is 0.422 e. The van der Waals surface area contributed by atoms with Crippen LogP contribution >= 0.6 is 11.6 Å². The molecule has 1 aliphatic rings. The third kappa shape index (κ3) is 2.89. The molecule has 0 atom stereocenters. The van der Waals surface area contributed by atoms with E-state index in [1.54, 1.807) is 18.2 Å². The van der Waals surface area contributed by atoms with Crippen molar-refractivity contribution >= 4 is 32.7 Å². The molecule has 134 valence electrons. The van der Waals surface area contributed by atoms with E-state index in [0.717, 1.165) is 29.4 Å². The number of rotatable bonds is 3. The Morgan fingerprint density at radius 1 is 1.08 bits per heavy atom. The Morgan fingerprint density at radius 2 is 1.77 bits per heavy atom. The zero-order valence-electron chi connectivity index (χ0n) is 13.9. The Labute approximate surface area is 155 Å². The number of halogens is 1. The molecule has 0 fully saturated rings. The summed E-state index contributed by atoms with van der Waals surface area (Å²) in [5, 5.41) is 0.873. The van der Waals surface area contributed by atoms with E-state index in [1.165, 1.54) is 18.2 Å². The number of hydrogen-bond acceptors (Lipinski definition) is 5. The Balaban J connectivity index is 1.80. The SMILES string of the molecule is Cc1ccc(S(=O)(=O)Oc2cc3oc(=O)c4c(c3cc2Cl)CCC4)cc1. The minimum atomic E-state index is -4.05. The van der Waals surface area contributed by atoms with Gasteiger partial charge < -0.3 is 8.60 Å². The quantitative estimate of drug-likeness (QED) is 0.499. The average Bonchev–Trinajstić information content (AvgIpc) is 3.07. The van der Waals surface area contributed by atoms with Gasteiger partial charge in [-0.2, -0.15) is 8.42 Å². The molecular weight excluding hydrogens is 376 g/mol. The first-order valence-corrected chi connectivity index (χ1v) is 9.93. The van der Waals surface area contributed by atoms with Crippen LogP contribution in [0.4, 0.5) is 0 Å². The average molecular weight is 391 g/mol. The van der Waals surface area contributed by atoms with Crippen LogP contribution in [0.1, 0.15) is 23.1 Å². The third-order valence-corrected chi connectivity index (χ3v) is 6.08. The number of aryl methyl sites for hydroxylation is 2. The van der Waals surface area contributed by atoms with Crippen molar-refractivity contribution in [1.29, 1.82) is 0 Å². The van der Waals surface area contributed by atoms with Crippen molar-refractivity contribution < 1.29 is 17.0 Å². The summed E-state index contributed by atoms with van der Waals surface area (Å²) >= 11 is 6.25. The normalized spacial score (nSPS) is 13.8. The van der Waals surface area contributed by atoms with E-state index < -0.39 is 10.1 Å². The Bertz CT molecular complexity index is 1180. The first-order valence-electron chi connectivity index (χ1n) is 8.14. The molecule has 0 saturated heterocycles. The summed E-state index contributed by atoms with van der Waals surface area (Å²) in [5.74, 6) is -0.0687. The predicted molar refractivity (Wildman–Crippen MR) is 98.5 cm³/mol. The molecule has 26 heavy (non-hydrogen) atoms. The van der Waals surface area contributed by atoms with E-state index in [4.69, 9.17) is 20.2 Å². The molecule has 2 aromatic carbocycles. The molecule has 0 aliphatic heterocycles. The van der Waals surface area contributed by atoms with Crippen molar-refractivity contribution in [2.45, 2.75) is 31.1 Å². The molecule has 1 aliphatic carbocycles. The topological polar surface area (TPSA) is 73.6 Å². The van der Waals surface area contributed by atoms with E-state index >= 15 is 0 Å². The van der Waals surface area contributed by atoms with Gasteiger partial charge in [-0.05, 0) is 49.9 Å². The van der Waals surface area contributed by atoms with Crippen LogP contribution in [0.15, 0.2) is 50.5 Å². The Morgan fingerprint density at radius 3 is 2.50 bits per heavy atom. The smallest absolute Gasteiger partial charge is 0.339 e. The van der Waals surface area contributed by atoms with Gasteiger partial charge in [0.15, 0.2) is 5.75 Å². The minimum Gasteiger partial charge on any atom is -0.422 e. The maximum absolute atomic E-state index is 12.5. The van der Waals surface area contributed by atoms with Crippen molar-refractivity contribution in [2.24, 2.45) is 0 Å².